The van der Waals surface area contributed by atoms with Crippen molar-refractivity contribution in [3.05, 3.63) is 57.6 Å². The average Bonchev–Trinajstić information content (AvgIpc) is 2.97. The molecule has 2 aromatic carbocycles. The van der Waals surface area contributed by atoms with Gasteiger partial charge in [0.15, 0.2) is 0 Å². The molecule has 1 aliphatic heterocycles. The lowest BCUT2D eigenvalue weighted by Gasteiger charge is -2.19. The molecule has 2 atom stereocenters. The third-order valence-corrected chi connectivity index (χ3v) is 8.91. The average molecular weight is 507 g/mol. The molecular weight excluding hydrogens is 483 g/mol. The van der Waals surface area contributed by atoms with Crippen LogP contribution in [0, 0.1) is 13.8 Å². The topological polar surface area (TPSA) is 92.8 Å². The van der Waals surface area contributed by atoms with Crippen LogP contribution in [0.15, 0.2) is 46.2 Å². The maximum atomic E-state index is 12.6. The first-order valence-electron chi connectivity index (χ1n) is 9.54. The summed E-state index contributed by atoms with van der Waals surface area (Å²) in [4.78, 5) is 1.78. The molecule has 0 spiro atoms. The lowest BCUT2D eigenvalue weighted by atomic mass is 10.2. The molecule has 0 saturated carbocycles. The second-order valence-electron chi connectivity index (χ2n) is 7.72. The molecule has 7 nitrogen and oxygen atoms in total. The highest BCUT2D eigenvalue weighted by Gasteiger charge is 2.35. The highest BCUT2D eigenvalue weighted by atomic mass is 35.5. The van der Waals surface area contributed by atoms with E-state index in [9.17, 15) is 16.8 Å². The highest BCUT2D eigenvalue weighted by Crippen LogP contribution is 2.28. The lowest BCUT2D eigenvalue weighted by Crippen LogP contribution is -2.38. The Hall–Kier alpha value is -1.20. The number of rotatable bonds is 7. The van der Waals surface area contributed by atoms with Crippen molar-refractivity contribution in [3.8, 4) is 0 Å². The monoisotopic (exact) mass is 506 g/mol. The van der Waals surface area contributed by atoms with Gasteiger partial charge in [-0.05, 0) is 62.7 Å². The normalized spacial score (nSPS) is 20.3. The van der Waals surface area contributed by atoms with Crippen LogP contribution in [-0.2, 0) is 24.3 Å². The summed E-state index contributed by atoms with van der Waals surface area (Å²) in [5.41, 5.74) is 1.69. The quantitative estimate of drug-likeness (QED) is 0.578. The smallest absolute Gasteiger partial charge is 0.298 e. The standard InChI is InChI=1S/C20H24Cl2N2O5S2/c1-13-4-6-19(17(21)8-13)30(25,26)23-11-15-10-16(12-24(15)3)29-31(27,28)20-7-5-14(2)9-18(20)22/h4-9,15-16,23H,10-12H2,1-3H3/t15-,16-/m1/s1. The van der Waals surface area contributed by atoms with E-state index in [1.165, 1.54) is 12.1 Å². The van der Waals surface area contributed by atoms with Crippen molar-refractivity contribution in [2.75, 3.05) is 20.1 Å². The number of nitrogens with zero attached hydrogens (tertiary/aromatic N) is 1. The van der Waals surface area contributed by atoms with Crippen LogP contribution in [0.5, 0.6) is 0 Å². The molecule has 3 rings (SSSR count). The van der Waals surface area contributed by atoms with Crippen molar-refractivity contribution in [1.82, 2.24) is 9.62 Å². The van der Waals surface area contributed by atoms with Gasteiger partial charge >= 0.3 is 0 Å². The van der Waals surface area contributed by atoms with E-state index in [4.69, 9.17) is 27.4 Å². The van der Waals surface area contributed by atoms with Crippen molar-refractivity contribution >= 4 is 43.3 Å². The molecule has 1 aliphatic rings. The van der Waals surface area contributed by atoms with Crippen molar-refractivity contribution in [2.24, 2.45) is 0 Å². The second-order valence-corrected chi connectivity index (χ2v) is 11.8. The van der Waals surface area contributed by atoms with Gasteiger partial charge in [-0.3, -0.25) is 9.08 Å². The molecule has 31 heavy (non-hydrogen) atoms. The first-order chi connectivity index (χ1) is 14.4. The van der Waals surface area contributed by atoms with Gasteiger partial charge < -0.3 is 0 Å². The molecule has 0 radical (unpaired) electrons. The Labute approximate surface area is 193 Å². The molecule has 1 saturated heterocycles. The Balaban J connectivity index is 1.65. The number of nitrogens with one attached hydrogen (secondary N) is 1. The summed E-state index contributed by atoms with van der Waals surface area (Å²) in [5, 5.41) is 0.250. The number of likely N-dealkylation sites (N-methyl/N-ethyl adjacent to an activating group) is 1. The summed E-state index contributed by atoms with van der Waals surface area (Å²) in [7, 11) is -6.07. The minimum absolute atomic E-state index is 0.00445. The summed E-state index contributed by atoms with van der Waals surface area (Å²) in [6.07, 6.45) is -0.284. The van der Waals surface area contributed by atoms with Crippen LogP contribution in [0.1, 0.15) is 17.5 Å². The zero-order chi connectivity index (χ0) is 23.0. The number of hydrogen-bond acceptors (Lipinski definition) is 6. The molecule has 1 fully saturated rings. The summed E-state index contributed by atoms with van der Waals surface area (Å²) >= 11 is 12.2. The Morgan fingerprint density at radius 3 is 2.10 bits per heavy atom. The van der Waals surface area contributed by atoms with Crippen LogP contribution in [0.4, 0.5) is 0 Å². The zero-order valence-corrected chi connectivity index (χ0v) is 20.4. The molecule has 0 aliphatic carbocycles. The van der Waals surface area contributed by atoms with Gasteiger partial charge in [0.05, 0.1) is 16.1 Å². The molecule has 0 aromatic heterocycles. The fourth-order valence-electron chi connectivity index (χ4n) is 3.48. The van der Waals surface area contributed by atoms with Crippen molar-refractivity contribution < 1.29 is 21.0 Å². The number of benzene rings is 2. The third kappa shape index (κ3) is 5.78. The van der Waals surface area contributed by atoms with E-state index in [2.05, 4.69) is 4.72 Å². The predicted molar refractivity (Wildman–Crippen MR) is 121 cm³/mol. The number of sulfonamides is 1. The van der Waals surface area contributed by atoms with E-state index in [-0.39, 0.29) is 32.4 Å². The second kappa shape index (κ2) is 9.35. The van der Waals surface area contributed by atoms with Gasteiger partial charge in [0, 0.05) is 19.1 Å². The Morgan fingerprint density at radius 1 is 1.00 bits per heavy atom. The van der Waals surface area contributed by atoms with Gasteiger partial charge in [0.25, 0.3) is 10.1 Å². The minimum atomic E-state index is -4.05. The van der Waals surface area contributed by atoms with Gasteiger partial charge in [-0.2, -0.15) is 8.42 Å². The van der Waals surface area contributed by atoms with E-state index in [0.29, 0.717) is 13.0 Å². The van der Waals surface area contributed by atoms with E-state index >= 15 is 0 Å². The van der Waals surface area contributed by atoms with Crippen LogP contribution >= 0.6 is 23.2 Å². The molecule has 11 heteroatoms. The molecule has 0 unspecified atom stereocenters. The summed E-state index contributed by atoms with van der Waals surface area (Å²) < 4.78 is 58.5. The fourth-order valence-corrected chi connectivity index (χ4v) is 6.81. The molecule has 2 aromatic rings. The van der Waals surface area contributed by atoms with Crippen molar-refractivity contribution in [3.63, 3.8) is 0 Å². The first-order valence-corrected chi connectivity index (χ1v) is 13.2. The number of halogens is 2. The molecule has 1 heterocycles. The number of hydrogen-bond donors (Lipinski definition) is 1. The maximum Gasteiger partial charge on any atom is 0.298 e. The highest BCUT2D eigenvalue weighted by molar-refractivity contribution is 7.89. The van der Waals surface area contributed by atoms with Gasteiger partial charge in [-0.15, -0.1) is 0 Å². The van der Waals surface area contributed by atoms with E-state index in [1.807, 2.05) is 18.7 Å². The van der Waals surface area contributed by atoms with Crippen molar-refractivity contribution in [2.45, 2.75) is 42.2 Å². The Morgan fingerprint density at radius 2 is 1.55 bits per heavy atom. The van der Waals surface area contributed by atoms with Gasteiger partial charge in [-0.1, -0.05) is 35.3 Å². The fraction of sp³-hybridized carbons (Fsp3) is 0.400. The van der Waals surface area contributed by atoms with Gasteiger partial charge in [-0.25, -0.2) is 13.1 Å². The largest absolute Gasteiger partial charge is 0.299 e. The van der Waals surface area contributed by atoms with Gasteiger partial charge in [0.1, 0.15) is 9.79 Å². The summed E-state index contributed by atoms with van der Waals surface area (Å²) in [6, 6.07) is 9.11. The van der Waals surface area contributed by atoms with Gasteiger partial charge in [0.2, 0.25) is 10.0 Å². The third-order valence-electron chi connectivity index (χ3n) is 5.16. The first kappa shape index (κ1) is 24.4. The molecular formula is C20H24Cl2N2O5S2. The zero-order valence-electron chi connectivity index (χ0n) is 17.3. The van der Waals surface area contributed by atoms with E-state index in [1.54, 1.807) is 31.3 Å². The summed E-state index contributed by atoms with van der Waals surface area (Å²) in [6.45, 7) is 4.06. The van der Waals surface area contributed by atoms with Crippen LogP contribution in [0.25, 0.3) is 0 Å². The SMILES string of the molecule is Cc1ccc(S(=O)(=O)NC[C@H]2C[C@@H](OS(=O)(=O)c3ccc(C)cc3Cl)CN2C)c(Cl)c1. The maximum absolute atomic E-state index is 12.6. The Kier molecular flexibility index (Phi) is 7.37. The lowest BCUT2D eigenvalue weighted by molar-refractivity contribution is 0.215. The number of likely N-dealkylation sites (tertiary alicyclic amines) is 1. The Bertz CT molecular complexity index is 1190. The van der Waals surface area contributed by atoms with Crippen LogP contribution < -0.4 is 4.72 Å². The van der Waals surface area contributed by atoms with E-state index in [0.717, 1.165) is 11.1 Å². The van der Waals surface area contributed by atoms with Crippen molar-refractivity contribution in [1.29, 1.82) is 0 Å². The van der Waals surface area contributed by atoms with Crippen LogP contribution in [-0.4, -0.2) is 54.0 Å². The van der Waals surface area contributed by atoms with Crippen LogP contribution in [0.2, 0.25) is 10.0 Å². The summed E-state index contributed by atoms with van der Waals surface area (Å²) in [5.74, 6) is 0. The minimum Gasteiger partial charge on any atom is -0.299 e. The predicted octanol–water partition coefficient (Wildman–Crippen LogP) is 3.37. The van der Waals surface area contributed by atoms with E-state index < -0.39 is 26.2 Å². The molecule has 0 bridgehead atoms. The number of aryl methyl sites for hydroxylation is 2. The molecule has 0 amide bonds. The molecule has 170 valence electrons. The van der Waals surface area contributed by atoms with Crippen LogP contribution in [0.3, 0.4) is 0 Å². The molecule has 1 N–H and O–H groups in total.